The van der Waals surface area contributed by atoms with Crippen molar-refractivity contribution in [3.63, 3.8) is 0 Å². The van der Waals surface area contributed by atoms with Gasteiger partial charge in [-0.3, -0.25) is 4.79 Å². The summed E-state index contributed by atoms with van der Waals surface area (Å²) >= 11 is 0. The Morgan fingerprint density at radius 2 is 1.96 bits per heavy atom. The first kappa shape index (κ1) is 19.3. The number of nitrogens with one attached hydrogen (secondary N) is 1. The van der Waals surface area contributed by atoms with Gasteiger partial charge in [0.05, 0.1) is 6.04 Å². The molecule has 1 N–H and O–H groups in total. The second kappa shape index (κ2) is 7.63. The maximum atomic E-state index is 13.0. The Bertz CT molecular complexity index is 828. The van der Waals surface area contributed by atoms with Crippen LogP contribution in [0.1, 0.15) is 56.3 Å². The molecule has 0 unspecified atom stereocenters. The largest absolute Gasteiger partial charge is 0.487 e. The molecule has 2 aromatic carbocycles. The molecular weight excluding hydrogens is 338 g/mol. The fraction of sp³-hybridized carbons (Fsp3) is 0.435. The molecule has 0 fully saturated rings. The lowest BCUT2D eigenvalue weighted by Gasteiger charge is -2.38. The molecule has 4 nitrogen and oxygen atoms in total. The number of hydrogen-bond donors (Lipinski definition) is 1. The fourth-order valence-corrected chi connectivity index (χ4v) is 3.54. The van der Waals surface area contributed by atoms with E-state index >= 15 is 0 Å². The van der Waals surface area contributed by atoms with E-state index in [4.69, 9.17) is 9.47 Å². The van der Waals surface area contributed by atoms with Crippen LogP contribution in [0, 0.1) is 13.8 Å². The SMILES string of the molecule is CC[C@@H](Oc1cccc(C)c1)C(=O)N[C@@H]1CC(C)(C)Oc2ccc(C)cc21. The van der Waals surface area contributed by atoms with Gasteiger partial charge in [-0.2, -0.15) is 0 Å². The van der Waals surface area contributed by atoms with Crippen molar-refractivity contribution in [2.45, 2.75) is 65.2 Å². The third-order valence-electron chi connectivity index (χ3n) is 4.87. The molecule has 0 radical (unpaired) electrons. The van der Waals surface area contributed by atoms with Gasteiger partial charge in [-0.05, 0) is 57.9 Å². The van der Waals surface area contributed by atoms with Crippen molar-refractivity contribution in [2.75, 3.05) is 0 Å². The van der Waals surface area contributed by atoms with E-state index in [0.29, 0.717) is 6.42 Å². The van der Waals surface area contributed by atoms with Gasteiger partial charge in [0.15, 0.2) is 6.10 Å². The zero-order valence-electron chi connectivity index (χ0n) is 16.8. The van der Waals surface area contributed by atoms with Crippen LogP contribution in [0.4, 0.5) is 0 Å². The van der Waals surface area contributed by atoms with Crippen LogP contribution in [-0.4, -0.2) is 17.6 Å². The smallest absolute Gasteiger partial charge is 0.261 e. The molecule has 2 aromatic rings. The lowest BCUT2D eigenvalue weighted by molar-refractivity contribution is -0.129. The van der Waals surface area contributed by atoms with Crippen LogP contribution >= 0.6 is 0 Å². The standard InChI is InChI=1S/C23H29NO3/c1-6-20(26-17-9-7-8-15(2)12-17)22(25)24-19-14-23(4,5)27-21-11-10-16(3)13-18(19)21/h7-13,19-20H,6,14H2,1-5H3,(H,24,25)/t19-,20-/m1/s1. The number of carbonyl (C=O) groups is 1. The quantitative estimate of drug-likeness (QED) is 0.819. The van der Waals surface area contributed by atoms with Crippen LogP contribution in [0.15, 0.2) is 42.5 Å². The van der Waals surface area contributed by atoms with Gasteiger partial charge in [-0.15, -0.1) is 0 Å². The molecule has 1 aliphatic rings. The molecular formula is C23H29NO3. The maximum absolute atomic E-state index is 13.0. The summed E-state index contributed by atoms with van der Waals surface area (Å²) in [6.45, 7) is 10.1. The summed E-state index contributed by atoms with van der Waals surface area (Å²) in [6, 6.07) is 13.8. The molecule has 144 valence electrons. The van der Waals surface area contributed by atoms with E-state index in [1.54, 1.807) is 0 Å². The Morgan fingerprint density at radius 1 is 1.22 bits per heavy atom. The van der Waals surface area contributed by atoms with E-state index in [-0.39, 0.29) is 17.6 Å². The molecule has 2 atom stereocenters. The highest BCUT2D eigenvalue weighted by atomic mass is 16.5. The minimum Gasteiger partial charge on any atom is -0.487 e. The van der Waals surface area contributed by atoms with E-state index in [2.05, 4.69) is 32.2 Å². The first-order valence-corrected chi connectivity index (χ1v) is 9.60. The summed E-state index contributed by atoms with van der Waals surface area (Å²) in [5.74, 6) is 1.48. The maximum Gasteiger partial charge on any atom is 0.261 e. The third kappa shape index (κ3) is 4.62. The van der Waals surface area contributed by atoms with Gasteiger partial charge < -0.3 is 14.8 Å². The van der Waals surface area contributed by atoms with Crippen molar-refractivity contribution in [1.82, 2.24) is 5.32 Å². The molecule has 0 bridgehead atoms. The average molecular weight is 367 g/mol. The van der Waals surface area contributed by atoms with E-state index < -0.39 is 6.10 Å². The van der Waals surface area contributed by atoms with Gasteiger partial charge in [0.25, 0.3) is 5.91 Å². The van der Waals surface area contributed by atoms with Crippen molar-refractivity contribution in [2.24, 2.45) is 0 Å². The number of amides is 1. The Hall–Kier alpha value is -2.49. The molecule has 27 heavy (non-hydrogen) atoms. The summed E-state index contributed by atoms with van der Waals surface area (Å²) in [6.07, 6.45) is 0.800. The summed E-state index contributed by atoms with van der Waals surface area (Å²) in [4.78, 5) is 13.0. The molecule has 0 aromatic heterocycles. The summed E-state index contributed by atoms with van der Waals surface area (Å²) in [5, 5.41) is 3.20. The van der Waals surface area contributed by atoms with Crippen molar-refractivity contribution >= 4 is 5.91 Å². The highest BCUT2D eigenvalue weighted by molar-refractivity contribution is 5.81. The van der Waals surface area contributed by atoms with Crippen molar-refractivity contribution in [3.8, 4) is 11.5 Å². The normalized spacial score (nSPS) is 18.8. The van der Waals surface area contributed by atoms with Crippen LogP contribution in [-0.2, 0) is 4.79 Å². The number of hydrogen-bond acceptors (Lipinski definition) is 3. The summed E-state index contributed by atoms with van der Waals surface area (Å²) in [5.41, 5.74) is 2.96. The molecule has 1 amide bonds. The van der Waals surface area contributed by atoms with Gasteiger partial charge >= 0.3 is 0 Å². The first-order valence-electron chi connectivity index (χ1n) is 9.60. The summed E-state index contributed by atoms with van der Waals surface area (Å²) < 4.78 is 12.1. The van der Waals surface area contributed by atoms with Gasteiger partial charge in [-0.1, -0.05) is 36.8 Å². The highest BCUT2D eigenvalue weighted by Crippen LogP contribution is 2.40. The molecule has 0 aliphatic carbocycles. The Kier molecular flexibility index (Phi) is 5.45. The monoisotopic (exact) mass is 367 g/mol. The topological polar surface area (TPSA) is 47.6 Å². The van der Waals surface area contributed by atoms with E-state index in [9.17, 15) is 4.79 Å². The van der Waals surface area contributed by atoms with Crippen molar-refractivity contribution < 1.29 is 14.3 Å². The number of fused-ring (bicyclic) bond motifs is 1. The first-order chi connectivity index (χ1) is 12.8. The number of benzene rings is 2. The number of ether oxygens (including phenoxy) is 2. The average Bonchev–Trinajstić information content (AvgIpc) is 2.59. The van der Waals surface area contributed by atoms with Gasteiger partial charge in [0.2, 0.25) is 0 Å². The second-order valence-electron chi connectivity index (χ2n) is 8.00. The van der Waals surface area contributed by atoms with Crippen LogP contribution in [0.3, 0.4) is 0 Å². The predicted molar refractivity (Wildman–Crippen MR) is 107 cm³/mol. The van der Waals surface area contributed by atoms with Gasteiger partial charge in [0.1, 0.15) is 17.1 Å². The molecule has 1 heterocycles. The minimum absolute atomic E-state index is 0.0887. The Balaban J connectivity index is 1.78. The zero-order valence-corrected chi connectivity index (χ0v) is 16.8. The molecule has 0 spiro atoms. The van der Waals surface area contributed by atoms with Crippen LogP contribution < -0.4 is 14.8 Å². The van der Waals surface area contributed by atoms with Crippen molar-refractivity contribution in [1.29, 1.82) is 0 Å². The second-order valence-corrected chi connectivity index (χ2v) is 8.00. The lowest BCUT2D eigenvalue weighted by atomic mass is 9.88. The van der Waals surface area contributed by atoms with Crippen LogP contribution in [0.5, 0.6) is 11.5 Å². The molecule has 0 saturated heterocycles. The predicted octanol–water partition coefficient (Wildman–Crippen LogP) is 4.88. The zero-order chi connectivity index (χ0) is 19.6. The fourth-order valence-electron chi connectivity index (χ4n) is 3.54. The molecule has 4 heteroatoms. The molecule has 3 rings (SSSR count). The minimum atomic E-state index is -0.522. The Morgan fingerprint density at radius 3 is 2.67 bits per heavy atom. The number of aryl methyl sites for hydroxylation is 2. The van der Waals surface area contributed by atoms with E-state index in [1.807, 2.05) is 50.2 Å². The Labute approximate surface area is 161 Å². The van der Waals surface area contributed by atoms with Crippen LogP contribution in [0.25, 0.3) is 0 Å². The highest BCUT2D eigenvalue weighted by Gasteiger charge is 2.35. The van der Waals surface area contributed by atoms with E-state index in [1.165, 1.54) is 0 Å². The number of rotatable bonds is 5. The molecule has 0 saturated carbocycles. The number of carbonyl (C=O) groups excluding carboxylic acids is 1. The van der Waals surface area contributed by atoms with E-state index in [0.717, 1.165) is 34.6 Å². The molecule has 1 aliphatic heterocycles. The van der Waals surface area contributed by atoms with Gasteiger partial charge in [0, 0.05) is 12.0 Å². The third-order valence-corrected chi connectivity index (χ3v) is 4.87. The lowest BCUT2D eigenvalue weighted by Crippen LogP contribution is -2.45. The summed E-state index contributed by atoms with van der Waals surface area (Å²) in [7, 11) is 0. The van der Waals surface area contributed by atoms with Crippen LogP contribution in [0.2, 0.25) is 0 Å². The van der Waals surface area contributed by atoms with Gasteiger partial charge in [-0.25, -0.2) is 0 Å². The van der Waals surface area contributed by atoms with Crippen molar-refractivity contribution in [3.05, 3.63) is 59.2 Å².